The van der Waals surface area contributed by atoms with Crippen LogP contribution < -0.4 is 10.2 Å². The summed E-state index contributed by atoms with van der Waals surface area (Å²) < 4.78 is 0. The summed E-state index contributed by atoms with van der Waals surface area (Å²) in [5, 5.41) is 18.1. The van der Waals surface area contributed by atoms with Crippen LogP contribution in [0.15, 0.2) is 66.3 Å². The summed E-state index contributed by atoms with van der Waals surface area (Å²) >= 11 is 1.75. The third-order valence-electron chi connectivity index (χ3n) is 6.37. The van der Waals surface area contributed by atoms with Crippen molar-refractivity contribution in [2.45, 2.75) is 38.0 Å². The summed E-state index contributed by atoms with van der Waals surface area (Å²) in [4.78, 5) is 26.5. The summed E-state index contributed by atoms with van der Waals surface area (Å²) in [6.45, 7) is 0. The number of hydrogen-bond acceptors (Lipinski definition) is 8. The van der Waals surface area contributed by atoms with E-state index in [9.17, 15) is 10.1 Å². The van der Waals surface area contributed by atoms with Crippen LogP contribution in [0.1, 0.15) is 43.0 Å². The molecule has 178 valence electrons. The molecule has 0 atom stereocenters. The van der Waals surface area contributed by atoms with Crippen molar-refractivity contribution in [2.24, 2.45) is 0 Å². The van der Waals surface area contributed by atoms with Gasteiger partial charge in [-0.25, -0.2) is 9.97 Å². The molecule has 1 aromatic carbocycles. The number of benzene rings is 1. The molecule has 35 heavy (non-hydrogen) atoms. The Balaban J connectivity index is 1.36. The Morgan fingerprint density at radius 3 is 2.46 bits per heavy atom. The standard InChI is InChI=1S/C26H26N6O2S/c1-31(21-13-15-27-16-14-21)24-12-11-23(32(33)34)25(30-24)28-20-9-7-18(8-10-20)22-17-35-26(29-22)19-5-3-2-4-6-19/h7-17,19H,2-6H2,1H3,(H,28,30). The first-order valence-corrected chi connectivity index (χ1v) is 12.6. The van der Waals surface area contributed by atoms with Crippen LogP contribution in [-0.2, 0) is 0 Å². The average molecular weight is 487 g/mol. The number of nitrogens with one attached hydrogen (secondary N) is 1. The molecule has 3 aromatic heterocycles. The fourth-order valence-electron chi connectivity index (χ4n) is 4.39. The highest BCUT2D eigenvalue weighted by molar-refractivity contribution is 7.10. The maximum absolute atomic E-state index is 11.6. The first kappa shape index (κ1) is 22.9. The molecule has 1 aliphatic rings. The van der Waals surface area contributed by atoms with Crippen molar-refractivity contribution < 1.29 is 4.92 Å². The molecule has 4 aromatic rings. The largest absolute Gasteiger partial charge is 0.334 e. The van der Waals surface area contributed by atoms with Gasteiger partial charge in [-0.3, -0.25) is 15.1 Å². The lowest BCUT2D eigenvalue weighted by Gasteiger charge is -2.19. The Hall–Kier alpha value is -3.85. The molecule has 1 saturated carbocycles. The fourth-order valence-corrected chi connectivity index (χ4v) is 5.39. The zero-order valence-corrected chi connectivity index (χ0v) is 20.2. The van der Waals surface area contributed by atoms with Crippen LogP contribution in [0.5, 0.6) is 0 Å². The van der Waals surface area contributed by atoms with Gasteiger partial charge in [-0.05, 0) is 43.2 Å². The number of nitro groups is 1. The Labute approximate surface area is 207 Å². The van der Waals surface area contributed by atoms with E-state index in [4.69, 9.17) is 4.98 Å². The van der Waals surface area contributed by atoms with E-state index < -0.39 is 4.92 Å². The number of rotatable bonds is 7. The van der Waals surface area contributed by atoms with E-state index in [1.54, 1.807) is 29.8 Å². The quantitative estimate of drug-likeness (QED) is 0.220. The summed E-state index contributed by atoms with van der Waals surface area (Å²) in [6, 6.07) is 14.6. The highest BCUT2D eigenvalue weighted by Gasteiger charge is 2.20. The second-order valence-corrected chi connectivity index (χ2v) is 9.56. The van der Waals surface area contributed by atoms with Crippen molar-refractivity contribution in [3.05, 3.63) is 81.4 Å². The van der Waals surface area contributed by atoms with Gasteiger partial charge in [-0.2, -0.15) is 0 Å². The molecular formula is C26H26N6O2S. The molecular weight excluding hydrogens is 460 g/mol. The van der Waals surface area contributed by atoms with Crippen LogP contribution >= 0.6 is 11.3 Å². The van der Waals surface area contributed by atoms with Gasteiger partial charge in [-0.15, -0.1) is 11.3 Å². The van der Waals surface area contributed by atoms with E-state index >= 15 is 0 Å². The molecule has 0 amide bonds. The minimum Gasteiger partial charge on any atom is -0.334 e. The van der Waals surface area contributed by atoms with E-state index in [-0.39, 0.29) is 11.5 Å². The molecule has 0 saturated heterocycles. The molecule has 0 aliphatic heterocycles. The van der Waals surface area contributed by atoms with Crippen molar-refractivity contribution in [2.75, 3.05) is 17.3 Å². The minimum absolute atomic E-state index is 0.0856. The number of pyridine rings is 2. The van der Waals surface area contributed by atoms with E-state index in [1.165, 1.54) is 43.2 Å². The first-order chi connectivity index (χ1) is 17.1. The molecule has 9 heteroatoms. The Bertz CT molecular complexity index is 1300. The van der Waals surface area contributed by atoms with E-state index in [1.807, 2.05) is 48.3 Å². The van der Waals surface area contributed by atoms with Crippen LogP contribution in [0.25, 0.3) is 11.3 Å². The maximum atomic E-state index is 11.6. The molecule has 0 radical (unpaired) electrons. The van der Waals surface area contributed by atoms with Crippen molar-refractivity contribution in [1.29, 1.82) is 0 Å². The van der Waals surface area contributed by atoms with Crippen LogP contribution in [-0.4, -0.2) is 26.9 Å². The molecule has 0 bridgehead atoms. The monoisotopic (exact) mass is 486 g/mol. The molecule has 1 N–H and O–H groups in total. The Kier molecular flexibility index (Phi) is 6.67. The molecule has 0 spiro atoms. The highest BCUT2D eigenvalue weighted by atomic mass is 32.1. The highest BCUT2D eigenvalue weighted by Crippen LogP contribution is 2.36. The average Bonchev–Trinajstić information content (AvgIpc) is 3.40. The first-order valence-electron chi connectivity index (χ1n) is 11.7. The van der Waals surface area contributed by atoms with Crippen molar-refractivity contribution in [3.8, 4) is 11.3 Å². The SMILES string of the molecule is CN(c1ccncc1)c1ccc([N+](=O)[O-])c(Nc2ccc(-c3csc(C4CCCCC4)n3)cc2)n1. The second kappa shape index (κ2) is 10.2. The van der Waals surface area contributed by atoms with Gasteiger partial charge in [0.25, 0.3) is 0 Å². The lowest BCUT2D eigenvalue weighted by Crippen LogP contribution is -2.12. The molecule has 1 aliphatic carbocycles. The number of anilines is 4. The summed E-state index contributed by atoms with van der Waals surface area (Å²) in [5.41, 5.74) is 3.52. The van der Waals surface area contributed by atoms with Gasteiger partial charge in [0.15, 0.2) is 0 Å². The van der Waals surface area contributed by atoms with Crippen molar-refractivity contribution >= 4 is 40.0 Å². The third kappa shape index (κ3) is 5.14. The molecule has 1 fully saturated rings. The van der Waals surface area contributed by atoms with Crippen LogP contribution in [0.2, 0.25) is 0 Å². The minimum atomic E-state index is -0.429. The van der Waals surface area contributed by atoms with Gasteiger partial charge in [0.1, 0.15) is 5.82 Å². The summed E-state index contributed by atoms with van der Waals surface area (Å²) in [5.74, 6) is 1.36. The number of thiazole rings is 1. The van der Waals surface area contributed by atoms with Crippen LogP contribution in [0, 0.1) is 10.1 Å². The predicted molar refractivity (Wildman–Crippen MR) is 140 cm³/mol. The van der Waals surface area contributed by atoms with Gasteiger partial charge in [0, 0.05) is 53.7 Å². The smallest absolute Gasteiger partial charge is 0.311 e. The third-order valence-corrected chi connectivity index (χ3v) is 7.38. The number of nitrogens with zero attached hydrogens (tertiary/aromatic N) is 5. The Morgan fingerprint density at radius 1 is 1.00 bits per heavy atom. The number of hydrogen-bond donors (Lipinski definition) is 1. The van der Waals surface area contributed by atoms with Crippen molar-refractivity contribution in [3.63, 3.8) is 0 Å². The summed E-state index contributed by atoms with van der Waals surface area (Å²) in [7, 11) is 1.86. The van der Waals surface area contributed by atoms with Gasteiger partial charge < -0.3 is 10.2 Å². The van der Waals surface area contributed by atoms with E-state index in [0.29, 0.717) is 11.7 Å². The predicted octanol–water partition coefficient (Wildman–Crippen LogP) is 7.07. The lowest BCUT2D eigenvalue weighted by atomic mass is 9.90. The van der Waals surface area contributed by atoms with Crippen LogP contribution in [0.3, 0.4) is 0 Å². The van der Waals surface area contributed by atoms with E-state index in [0.717, 1.165) is 22.6 Å². The van der Waals surface area contributed by atoms with Gasteiger partial charge in [-0.1, -0.05) is 31.4 Å². The Morgan fingerprint density at radius 2 is 1.74 bits per heavy atom. The zero-order chi connectivity index (χ0) is 24.2. The topological polar surface area (TPSA) is 97.1 Å². The zero-order valence-electron chi connectivity index (χ0n) is 19.4. The maximum Gasteiger partial charge on any atom is 0.311 e. The van der Waals surface area contributed by atoms with Crippen LogP contribution in [0.4, 0.5) is 28.7 Å². The van der Waals surface area contributed by atoms with Gasteiger partial charge >= 0.3 is 5.69 Å². The normalized spacial score (nSPS) is 14.0. The lowest BCUT2D eigenvalue weighted by molar-refractivity contribution is -0.384. The molecule has 0 unspecified atom stereocenters. The van der Waals surface area contributed by atoms with E-state index in [2.05, 4.69) is 20.7 Å². The molecule has 5 rings (SSSR count). The number of aromatic nitrogens is 3. The summed E-state index contributed by atoms with van der Waals surface area (Å²) in [6.07, 6.45) is 9.77. The van der Waals surface area contributed by atoms with Gasteiger partial charge in [0.2, 0.25) is 5.82 Å². The van der Waals surface area contributed by atoms with Gasteiger partial charge in [0.05, 0.1) is 15.6 Å². The molecule has 8 nitrogen and oxygen atoms in total. The molecule has 3 heterocycles. The fraction of sp³-hybridized carbons (Fsp3) is 0.269. The van der Waals surface area contributed by atoms with Crippen molar-refractivity contribution in [1.82, 2.24) is 15.0 Å². The second-order valence-electron chi connectivity index (χ2n) is 8.67.